The zero-order chi connectivity index (χ0) is 26.0. The van der Waals surface area contributed by atoms with Crippen molar-refractivity contribution in [2.24, 2.45) is 0 Å². The van der Waals surface area contributed by atoms with E-state index in [4.69, 9.17) is 18.9 Å². The summed E-state index contributed by atoms with van der Waals surface area (Å²) >= 11 is 0. The summed E-state index contributed by atoms with van der Waals surface area (Å²) in [4.78, 5) is 20.5. The lowest BCUT2D eigenvalue weighted by Crippen LogP contribution is -2.14. The Bertz CT molecular complexity index is 1320. The van der Waals surface area contributed by atoms with Crippen LogP contribution < -0.4 is 19.5 Å². The van der Waals surface area contributed by atoms with Crippen LogP contribution in [0.25, 0.3) is 11.5 Å². The summed E-state index contributed by atoms with van der Waals surface area (Å²) in [5.41, 5.74) is 2.55. The third-order valence-electron chi connectivity index (χ3n) is 5.31. The van der Waals surface area contributed by atoms with Gasteiger partial charge in [-0.15, -0.1) is 0 Å². The summed E-state index contributed by atoms with van der Waals surface area (Å²) in [5.74, 6) is 1.75. The first-order valence-electron chi connectivity index (χ1n) is 11.4. The van der Waals surface area contributed by atoms with E-state index in [1.807, 2.05) is 24.3 Å². The van der Waals surface area contributed by atoms with Crippen LogP contribution in [0.3, 0.4) is 0 Å². The molecule has 0 amide bonds. The van der Waals surface area contributed by atoms with Crippen molar-refractivity contribution in [1.29, 1.82) is 0 Å². The molecule has 0 radical (unpaired) electrons. The SMILES string of the molecule is C=C(C(=O)OC)c1ccc(OCCNc2cnc(-n3cccn3)nc2OCc2ccc(OC)cc2)cc1. The predicted molar refractivity (Wildman–Crippen MR) is 138 cm³/mol. The minimum absolute atomic E-state index is 0.288. The Morgan fingerprint density at radius 3 is 2.46 bits per heavy atom. The molecule has 37 heavy (non-hydrogen) atoms. The van der Waals surface area contributed by atoms with Crippen LogP contribution in [0.4, 0.5) is 5.69 Å². The molecular weight excluding hydrogens is 474 g/mol. The van der Waals surface area contributed by atoms with Gasteiger partial charge in [0.2, 0.25) is 5.88 Å². The number of carbonyl (C=O) groups excluding carboxylic acids is 1. The molecule has 0 aliphatic heterocycles. The molecule has 2 aromatic heterocycles. The summed E-state index contributed by atoms with van der Waals surface area (Å²) in [5, 5.41) is 7.45. The summed E-state index contributed by atoms with van der Waals surface area (Å²) < 4.78 is 23.3. The molecule has 0 fully saturated rings. The fourth-order valence-electron chi connectivity index (χ4n) is 3.31. The van der Waals surface area contributed by atoms with Crippen LogP contribution in [0, 0.1) is 0 Å². The third-order valence-corrected chi connectivity index (χ3v) is 5.31. The van der Waals surface area contributed by atoms with Crippen LogP contribution in [-0.4, -0.2) is 53.1 Å². The molecule has 4 rings (SSSR count). The van der Waals surface area contributed by atoms with Crippen LogP contribution in [0.2, 0.25) is 0 Å². The number of carbonyl (C=O) groups is 1. The Balaban J connectivity index is 1.38. The lowest BCUT2D eigenvalue weighted by atomic mass is 10.1. The van der Waals surface area contributed by atoms with E-state index in [1.54, 1.807) is 60.7 Å². The van der Waals surface area contributed by atoms with Crippen LogP contribution in [0.1, 0.15) is 11.1 Å². The number of nitrogens with zero attached hydrogens (tertiary/aromatic N) is 4. The van der Waals surface area contributed by atoms with Crippen LogP contribution in [0.5, 0.6) is 17.4 Å². The van der Waals surface area contributed by atoms with Gasteiger partial charge in [0.25, 0.3) is 5.95 Å². The Morgan fingerprint density at radius 1 is 1.03 bits per heavy atom. The summed E-state index contributed by atoms with van der Waals surface area (Å²) in [7, 11) is 2.95. The first-order valence-corrected chi connectivity index (χ1v) is 11.4. The van der Waals surface area contributed by atoms with Crippen molar-refractivity contribution in [1.82, 2.24) is 19.7 Å². The maximum Gasteiger partial charge on any atom is 0.337 e. The van der Waals surface area contributed by atoms with Gasteiger partial charge in [-0.3, -0.25) is 0 Å². The van der Waals surface area contributed by atoms with E-state index >= 15 is 0 Å². The van der Waals surface area contributed by atoms with Crippen molar-refractivity contribution in [3.8, 4) is 23.3 Å². The maximum absolute atomic E-state index is 11.6. The smallest absolute Gasteiger partial charge is 0.337 e. The van der Waals surface area contributed by atoms with Gasteiger partial charge in [0, 0.05) is 18.9 Å². The van der Waals surface area contributed by atoms with E-state index in [0.717, 1.165) is 11.3 Å². The average molecular weight is 502 g/mol. The number of nitrogens with one attached hydrogen (secondary N) is 1. The number of hydrogen-bond acceptors (Lipinski definition) is 9. The van der Waals surface area contributed by atoms with Gasteiger partial charge in [-0.2, -0.15) is 10.1 Å². The Hall–Kier alpha value is -4.86. The van der Waals surface area contributed by atoms with Gasteiger partial charge in [-0.05, 0) is 41.5 Å². The Kier molecular flexibility index (Phi) is 8.33. The average Bonchev–Trinajstić information content (AvgIpc) is 3.49. The fraction of sp³-hybridized carbons (Fsp3) is 0.185. The van der Waals surface area contributed by atoms with Crippen LogP contribution in [-0.2, 0) is 16.1 Å². The first kappa shape index (κ1) is 25.2. The number of methoxy groups -OCH3 is 2. The van der Waals surface area contributed by atoms with Crippen molar-refractivity contribution >= 4 is 17.2 Å². The van der Waals surface area contributed by atoms with Gasteiger partial charge in [0.05, 0.1) is 26.0 Å². The number of esters is 1. The van der Waals surface area contributed by atoms with Gasteiger partial charge in [0.15, 0.2) is 0 Å². The van der Waals surface area contributed by atoms with Crippen molar-refractivity contribution < 1.29 is 23.7 Å². The molecule has 0 bridgehead atoms. The molecule has 1 N–H and O–H groups in total. The molecule has 0 aliphatic rings. The van der Waals surface area contributed by atoms with Gasteiger partial charge < -0.3 is 24.3 Å². The maximum atomic E-state index is 11.6. The topological polar surface area (TPSA) is 110 Å². The van der Waals surface area contributed by atoms with Gasteiger partial charge in [-0.25, -0.2) is 14.5 Å². The highest BCUT2D eigenvalue weighted by molar-refractivity contribution is 6.15. The van der Waals surface area contributed by atoms with Crippen molar-refractivity contribution in [2.45, 2.75) is 6.61 Å². The standard InChI is InChI=1S/C27H27N5O5/c1-19(26(33)35-3)21-7-11-23(12-8-21)36-16-14-28-24-17-29-27(32-15-4-13-30-32)31-25(24)37-18-20-5-9-22(34-2)10-6-20/h4-13,15,17,28H,1,14,16,18H2,2-3H3. The van der Waals surface area contributed by atoms with Crippen molar-refractivity contribution in [3.05, 3.63) is 90.9 Å². The number of ether oxygens (including phenoxy) is 4. The van der Waals surface area contributed by atoms with E-state index in [9.17, 15) is 4.79 Å². The highest BCUT2D eigenvalue weighted by Gasteiger charge is 2.12. The molecule has 4 aromatic rings. The third kappa shape index (κ3) is 6.63. The van der Waals surface area contributed by atoms with Crippen LogP contribution >= 0.6 is 0 Å². The highest BCUT2D eigenvalue weighted by atomic mass is 16.5. The number of benzene rings is 2. The Labute approximate surface area is 214 Å². The van der Waals surface area contributed by atoms with Crippen molar-refractivity contribution in [2.75, 3.05) is 32.7 Å². The molecule has 2 aromatic carbocycles. The molecular formula is C27H27N5O5. The van der Waals surface area contributed by atoms with Crippen molar-refractivity contribution in [3.63, 3.8) is 0 Å². The van der Waals surface area contributed by atoms with E-state index < -0.39 is 5.97 Å². The van der Waals surface area contributed by atoms with E-state index in [0.29, 0.717) is 48.6 Å². The van der Waals surface area contributed by atoms with Gasteiger partial charge >= 0.3 is 5.97 Å². The minimum Gasteiger partial charge on any atom is -0.497 e. The predicted octanol–water partition coefficient (Wildman–Crippen LogP) is 3.93. The normalized spacial score (nSPS) is 10.4. The van der Waals surface area contributed by atoms with Gasteiger partial charge in [-0.1, -0.05) is 30.8 Å². The molecule has 0 saturated heterocycles. The second-order valence-electron chi connectivity index (χ2n) is 7.75. The van der Waals surface area contributed by atoms with E-state index in [2.05, 4.69) is 27.0 Å². The summed E-state index contributed by atoms with van der Waals surface area (Å²) in [6.45, 7) is 4.90. The summed E-state index contributed by atoms with van der Waals surface area (Å²) in [6.07, 6.45) is 5.07. The molecule has 0 unspecified atom stereocenters. The lowest BCUT2D eigenvalue weighted by molar-refractivity contribution is -0.133. The fourth-order valence-corrected chi connectivity index (χ4v) is 3.31. The molecule has 10 nitrogen and oxygen atoms in total. The zero-order valence-electron chi connectivity index (χ0n) is 20.6. The molecule has 2 heterocycles. The first-order chi connectivity index (χ1) is 18.1. The minimum atomic E-state index is -0.469. The lowest BCUT2D eigenvalue weighted by Gasteiger charge is -2.14. The highest BCUT2D eigenvalue weighted by Crippen LogP contribution is 2.24. The molecule has 0 atom stereocenters. The molecule has 10 heteroatoms. The molecule has 0 aliphatic carbocycles. The zero-order valence-corrected chi connectivity index (χ0v) is 20.6. The quantitative estimate of drug-likeness (QED) is 0.175. The number of anilines is 1. The molecule has 0 saturated carbocycles. The van der Waals surface area contributed by atoms with E-state index in [1.165, 1.54) is 7.11 Å². The van der Waals surface area contributed by atoms with Gasteiger partial charge in [0.1, 0.15) is 30.4 Å². The Morgan fingerprint density at radius 2 is 1.78 bits per heavy atom. The van der Waals surface area contributed by atoms with E-state index in [-0.39, 0.29) is 5.57 Å². The second kappa shape index (κ2) is 12.2. The molecule has 0 spiro atoms. The summed E-state index contributed by atoms with van der Waals surface area (Å²) in [6, 6.07) is 16.5. The monoisotopic (exact) mass is 501 g/mol. The number of aromatic nitrogens is 4. The number of rotatable bonds is 12. The largest absolute Gasteiger partial charge is 0.497 e. The number of hydrogen-bond donors (Lipinski definition) is 1. The van der Waals surface area contributed by atoms with Crippen LogP contribution in [0.15, 0.2) is 79.8 Å². The second-order valence-corrected chi connectivity index (χ2v) is 7.75. The molecule has 190 valence electrons.